The van der Waals surface area contributed by atoms with Gasteiger partial charge in [-0.05, 0) is 96.1 Å². The van der Waals surface area contributed by atoms with Crippen molar-refractivity contribution in [3.05, 3.63) is 218 Å². The molecule has 0 aliphatic carbocycles. The van der Waals surface area contributed by atoms with E-state index in [1.54, 1.807) is 0 Å². The minimum atomic E-state index is 1.21. The fraction of sp³-hybridized carbons (Fsp3) is 0. The van der Waals surface area contributed by atoms with Crippen LogP contribution in [-0.2, 0) is 0 Å². The Bertz CT molecular complexity index is 2930. The molecule has 0 saturated heterocycles. The van der Waals surface area contributed by atoms with Crippen LogP contribution in [0.4, 0.5) is 0 Å². The van der Waals surface area contributed by atoms with Crippen molar-refractivity contribution in [1.82, 2.24) is 0 Å². The van der Waals surface area contributed by atoms with Crippen LogP contribution in [0.25, 0.3) is 98.1 Å². The van der Waals surface area contributed by atoms with Crippen LogP contribution >= 0.6 is 11.3 Å². The number of thiophene rings is 1. The molecule has 0 aliphatic heterocycles. The van der Waals surface area contributed by atoms with Crippen LogP contribution in [0, 0.1) is 0 Å². The molecule has 0 radical (unpaired) electrons. The predicted molar refractivity (Wildman–Crippen MR) is 237 cm³/mol. The molecule has 0 saturated carbocycles. The molecule has 258 valence electrons. The molecular formula is C54H36S. The molecular weight excluding hydrogens is 681 g/mol. The normalized spacial score (nSPS) is 11.3. The Morgan fingerprint density at radius 1 is 0.200 bits per heavy atom. The molecule has 0 fully saturated rings. The monoisotopic (exact) mass is 716 g/mol. The molecule has 10 rings (SSSR count). The van der Waals surface area contributed by atoms with Crippen molar-refractivity contribution in [2.24, 2.45) is 0 Å². The average molecular weight is 717 g/mol. The zero-order valence-electron chi connectivity index (χ0n) is 30.2. The highest BCUT2D eigenvalue weighted by molar-refractivity contribution is 7.26. The summed E-state index contributed by atoms with van der Waals surface area (Å²) in [5.41, 5.74) is 17.3. The van der Waals surface area contributed by atoms with Crippen molar-refractivity contribution in [3.8, 4) is 77.9 Å². The molecule has 0 bridgehead atoms. The smallest absolute Gasteiger partial charge is 0.0434 e. The van der Waals surface area contributed by atoms with E-state index in [1.165, 1.54) is 98.1 Å². The van der Waals surface area contributed by atoms with Crippen LogP contribution in [0.5, 0.6) is 0 Å². The van der Waals surface area contributed by atoms with Gasteiger partial charge in [0.15, 0.2) is 0 Å². The van der Waals surface area contributed by atoms with Gasteiger partial charge in [-0.15, -0.1) is 11.3 Å². The third-order valence-electron chi connectivity index (χ3n) is 10.7. The molecule has 0 nitrogen and oxygen atoms in total. The van der Waals surface area contributed by atoms with Crippen LogP contribution in [0.3, 0.4) is 0 Å². The molecule has 0 amide bonds. The van der Waals surface area contributed by atoms with Crippen LogP contribution in [0.2, 0.25) is 0 Å². The van der Waals surface area contributed by atoms with Gasteiger partial charge < -0.3 is 0 Å². The van der Waals surface area contributed by atoms with E-state index in [1.807, 2.05) is 11.3 Å². The Kier molecular flexibility index (Phi) is 8.48. The molecule has 0 spiro atoms. The largest absolute Gasteiger partial charge is 0.134 e. The Hall–Kier alpha value is -6.80. The maximum atomic E-state index is 2.31. The van der Waals surface area contributed by atoms with E-state index in [4.69, 9.17) is 0 Å². The lowest BCUT2D eigenvalue weighted by molar-refractivity contribution is 1.57. The quantitative estimate of drug-likeness (QED) is 0.154. The van der Waals surface area contributed by atoms with E-state index in [0.717, 1.165) is 0 Å². The average Bonchev–Trinajstić information content (AvgIpc) is 3.67. The molecule has 9 aromatic carbocycles. The summed E-state index contributed by atoms with van der Waals surface area (Å²) in [6.07, 6.45) is 0. The molecule has 10 aromatic rings. The minimum Gasteiger partial charge on any atom is -0.134 e. The molecule has 55 heavy (non-hydrogen) atoms. The molecule has 0 N–H and O–H groups in total. The zero-order valence-corrected chi connectivity index (χ0v) is 31.0. The van der Waals surface area contributed by atoms with Gasteiger partial charge in [-0.25, -0.2) is 0 Å². The van der Waals surface area contributed by atoms with Crippen LogP contribution < -0.4 is 0 Å². The third kappa shape index (κ3) is 6.35. The van der Waals surface area contributed by atoms with Crippen LogP contribution in [-0.4, -0.2) is 0 Å². The topological polar surface area (TPSA) is 0 Å². The Balaban J connectivity index is 0.950. The van der Waals surface area contributed by atoms with Crippen molar-refractivity contribution in [2.75, 3.05) is 0 Å². The minimum absolute atomic E-state index is 1.21. The first-order valence-electron chi connectivity index (χ1n) is 18.8. The van der Waals surface area contributed by atoms with Gasteiger partial charge in [0, 0.05) is 20.2 Å². The zero-order chi connectivity index (χ0) is 36.6. The third-order valence-corrected chi connectivity index (χ3v) is 12.0. The van der Waals surface area contributed by atoms with Crippen molar-refractivity contribution in [3.63, 3.8) is 0 Å². The van der Waals surface area contributed by atoms with Gasteiger partial charge in [-0.2, -0.15) is 0 Å². The van der Waals surface area contributed by atoms with Gasteiger partial charge in [0.1, 0.15) is 0 Å². The number of hydrogen-bond donors (Lipinski definition) is 0. The fourth-order valence-electron chi connectivity index (χ4n) is 7.86. The molecule has 1 heteroatoms. The molecule has 1 heterocycles. The summed E-state index contributed by atoms with van der Waals surface area (Å²) in [4.78, 5) is 0. The van der Waals surface area contributed by atoms with Crippen molar-refractivity contribution >= 4 is 31.5 Å². The Morgan fingerprint density at radius 3 is 0.836 bits per heavy atom. The summed E-state index contributed by atoms with van der Waals surface area (Å²) in [5.74, 6) is 0. The van der Waals surface area contributed by atoms with Gasteiger partial charge in [0.05, 0.1) is 0 Å². The van der Waals surface area contributed by atoms with Gasteiger partial charge in [0.2, 0.25) is 0 Å². The Labute approximate surface area is 326 Å². The maximum absolute atomic E-state index is 2.31. The molecule has 0 aliphatic rings. The summed E-state index contributed by atoms with van der Waals surface area (Å²) in [6, 6.07) is 79.4. The SMILES string of the molecule is c1ccc(-c2cccc(-c3ccc(-c4cccc5c4sc4c(-c6ccc(-c7cccc(-c8cccc(-c9ccccc9)c8)c7)cc6)cccc45)cc3)c2)cc1. The lowest BCUT2D eigenvalue weighted by Crippen LogP contribution is -1.84. The summed E-state index contributed by atoms with van der Waals surface area (Å²) in [7, 11) is 0. The van der Waals surface area contributed by atoms with Gasteiger partial charge in [-0.1, -0.05) is 200 Å². The van der Waals surface area contributed by atoms with E-state index in [9.17, 15) is 0 Å². The fourth-order valence-corrected chi connectivity index (χ4v) is 9.23. The van der Waals surface area contributed by atoms with Crippen molar-refractivity contribution < 1.29 is 0 Å². The summed E-state index contributed by atoms with van der Waals surface area (Å²) >= 11 is 1.90. The van der Waals surface area contributed by atoms with Crippen molar-refractivity contribution in [2.45, 2.75) is 0 Å². The molecule has 1 aromatic heterocycles. The summed E-state index contributed by atoms with van der Waals surface area (Å²) < 4.78 is 2.65. The van der Waals surface area contributed by atoms with E-state index in [2.05, 4.69) is 218 Å². The summed E-state index contributed by atoms with van der Waals surface area (Å²) in [5, 5.41) is 2.62. The second-order valence-corrected chi connectivity index (χ2v) is 15.1. The maximum Gasteiger partial charge on any atom is 0.0434 e. The molecule has 0 atom stereocenters. The lowest BCUT2D eigenvalue weighted by atomic mass is 9.95. The van der Waals surface area contributed by atoms with Crippen LogP contribution in [0.1, 0.15) is 0 Å². The number of fused-ring (bicyclic) bond motifs is 3. The highest BCUT2D eigenvalue weighted by Gasteiger charge is 2.15. The standard InChI is InChI=1S/C54H36S/c1-3-12-37(13-4-1)43-16-7-18-45(34-43)39-26-30-41(31-27-39)49-22-10-24-51-52-25-11-23-50(54(52)55-53(49)51)42-32-28-40(29-33-42)46-19-9-21-48(36-46)47-20-8-17-44(35-47)38-14-5-2-6-15-38/h1-36H. The first-order valence-corrected chi connectivity index (χ1v) is 19.6. The predicted octanol–water partition coefficient (Wildman–Crippen LogP) is 15.7. The molecule has 0 unspecified atom stereocenters. The van der Waals surface area contributed by atoms with Crippen molar-refractivity contribution in [1.29, 1.82) is 0 Å². The Morgan fingerprint density at radius 2 is 0.473 bits per heavy atom. The van der Waals surface area contributed by atoms with Gasteiger partial charge >= 0.3 is 0 Å². The lowest BCUT2D eigenvalue weighted by Gasteiger charge is -2.10. The summed E-state index contributed by atoms with van der Waals surface area (Å²) in [6.45, 7) is 0. The first-order chi connectivity index (χ1) is 27.2. The second kappa shape index (κ2) is 14.2. The van der Waals surface area contributed by atoms with E-state index < -0.39 is 0 Å². The van der Waals surface area contributed by atoms with Gasteiger partial charge in [-0.3, -0.25) is 0 Å². The number of benzene rings is 9. The first kappa shape index (κ1) is 32.8. The number of hydrogen-bond acceptors (Lipinski definition) is 1. The van der Waals surface area contributed by atoms with E-state index in [0.29, 0.717) is 0 Å². The second-order valence-electron chi connectivity index (χ2n) is 14.1. The van der Waals surface area contributed by atoms with E-state index >= 15 is 0 Å². The van der Waals surface area contributed by atoms with Crippen LogP contribution in [0.15, 0.2) is 218 Å². The van der Waals surface area contributed by atoms with E-state index in [-0.39, 0.29) is 0 Å². The number of rotatable bonds is 7. The highest BCUT2D eigenvalue weighted by atomic mass is 32.1. The highest BCUT2D eigenvalue weighted by Crippen LogP contribution is 2.44. The van der Waals surface area contributed by atoms with Gasteiger partial charge in [0.25, 0.3) is 0 Å².